The highest BCUT2D eigenvalue weighted by Crippen LogP contribution is 2.33. The molecule has 0 saturated carbocycles. The number of aryl methyl sites for hydroxylation is 3. The van der Waals surface area contributed by atoms with Crippen LogP contribution in [0.1, 0.15) is 23.9 Å². The van der Waals surface area contributed by atoms with E-state index in [1.807, 2.05) is 59.6 Å². The molecule has 5 rings (SSSR count). The van der Waals surface area contributed by atoms with Gasteiger partial charge in [-0.15, -0.1) is 5.10 Å². The molecule has 1 N–H and O–H groups in total. The van der Waals surface area contributed by atoms with Gasteiger partial charge in [-0.1, -0.05) is 28.1 Å². The first kappa shape index (κ1) is 21.4. The van der Waals surface area contributed by atoms with Crippen LogP contribution in [-0.4, -0.2) is 41.9 Å². The number of hydrogen-bond donors (Lipinski definition) is 1. The number of benzene rings is 2. The summed E-state index contributed by atoms with van der Waals surface area (Å²) < 4.78 is 10.1. The second-order valence-corrected chi connectivity index (χ2v) is 8.87. The quantitative estimate of drug-likeness (QED) is 0.345. The molecular formula is C24H24BrN7O. The Hall–Kier alpha value is -3.46. The predicted molar refractivity (Wildman–Crippen MR) is 131 cm³/mol. The SMILES string of the molecule is CCn1nc(C)cc1-c1nc(-c2cc(Br)cc3c(C)[nH]nc23)n(Cc2ccc(OC)cc2)n1. The molecule has 0 bridgehead atoms. The molecule has 0 amide bonds. The smallest absolute Gasteiger partial charge is 0.200 e. The zero-order valence-corrected chi connectivity index (χ0v) is 20.5. The molecule has 3 aromatic heterocycles. The van der Waals surface area contributed by atoms with Crippen LogP contribution in [0.3, 0.4) is 0 Å². The van der Waals surface area contributed by atoms with E-state index in [0.29, 0.717) is 12.4 Å². The van der Waals surface area contributed by atoms with Crippen molar-refractivity contribution in [1.82, 2.24) is 34.7 Å². The Morgan fingerprint density at radius 3 is 2.55 bits per heavy atom. The molecule has 0 spiro atoms. The number of H-pyrrole nitrogens is 1. The van der Waals surface area contributed by atoms with Crippen LogP contribution >= 0.6 is 15.9 Å². The number of hydrogen-bond acceptors (Lipinski definition) is 5. The van der Waals surface area contributed by atoms with Gasteiger partial charge in [0.15, 0.2) is 11.6 Å². The number of aromatic amines is 1. The van der Waals surface area contributed by atoms with E-state index in [2.05, 4.69) is 44.2 Å². The molecule has 0 fully saturated rings. The molecule has 168 valence electrons. The lowest BCUT2D eigenvalue weighted by atomic mass is 10.1. The average molecular weight is 506 g/mol. The highest BCUT2D eigenvalue weighted by molar-refractivity contribution is 9.10. The topological polar surface area (TPSA) is 86.4 Å². The number of nitrogens with one attached hydrogen (secondary N) is 1. The Morgan fingerprint density at radius 2 is 1.82 bits per heavy atom. The summed E-state index contributed by atoms with van der Waals surface area (Å²) in [6.45, 7) is 7.36. The van der Waals surface area contributed by atoms with Gasteiger partial charge < -0.3 is 4.74 Å². The molecule has 3 heterocycles. The summed E-state index contributed by atoms with van der Waals surface area (Å²) >= 11 is 3.66. The third-order valence-corrected chi connectivity index (χ3v) is 6.11. The van der Waals surface area contributed by atoms with Gasteiger partial charge in [0.1, 0.15) is 17.0 Å². The molecular weight excluding hydrogens is 482 g/mol. The van der Waals surface area contributed by atoms with E-state index in [1.165, 1.54) is 0 Å². The molecule has 0 unspecified atom stereocenters. The van der Waals surface area contributed by atoms with Crippen LogP contribution in [0.5, 0.6) is 5.75 Å². The number of ether oxygens (including phenoxy) is 1. The fourth-order valence-corrected chi connectivity index (χ4v) is 4.46. The molecule has 0 saturated heterocycles. The molecule has 0 atom stereocenters. The zero-order valence-electron chi connectivity index (χ0n) is 18.9. The predicted octanol–water partition coefficient (Wildman–Crippen LogP) is 5.14. The first-order chi connectivity index (χ1) is 16.0. The van der Waals surface area contributed by atoms with Gasteiger partial charge >= 0.3 is 0 Å². The molecule has 8 nitrogen and oxygen atoms in total. The number of fused-ring (bicyclic) bond motifs is 1. The Kier molecular flexibility index (Phi) is 5.49. The minimum Gasteiger partial charge on any atom is -0.497 e. The Morgan fingerprint density at radius 1 is 1.03 bits per heavy atom. The third-order valence-electron chi connectivity index (χ3n) is 5.65. The molecule has 2 aromatic carbocycles. The third kappa shape index (κ3) is 3.93. The summed E-state index contributed by atoms with van der Waals surface area (Å²) in [6.07, 6.45) is 0. The fourth-order valence-electron chi connectivity index (χ4n) is 4.01. The van der Waals surface area contributed by atoms with E-state index in [4.69, 9.17) is 14.8 Å². The number of halogens is 1. The monoisotopic (exact) mass is 505 g/mol. The second-order valence-electron chi connectivity index (χ2n) is 7.95. The normalized spacial score (nSPS) is 11.4. The lowest BCUT2D eigenvalue weighted by molar-refractivity contribution is 0.414. The van der Waals surface area contributed by atoms with Crippen molar-refractivity contribution in [3.05, 3.63) is 63.9 Å². The van der Waals surface area contributed by atoms with Crippen molar-refractivity contribution in [3.63, 3.8) is 0 Å². The average Bonchev–Trinajstić information content (AvgIpc) is 3.51. The van der Waals surface area contributed by atoms with Crippen LogP contribution in [-0.2, 0) is 13.1 Å². The lowest BCUT2D eigenvalue weighted by Gasteiger charge is -2.08. The largest absolute Gasteiger partial charge is 0.497 e. The van der Waals surface area contributed by atoms with Crippen LogP contribution in [0.2, 0.25) is 0 Å². The van der Waals surface area contributed by atoms with E-state index in [9.17, 15) is 0 Å². The maximum absolute atomic E-state index is 5.30. The zero-order chi connectivity index (χ0) is 23.1. The van der Waals surface area contributed by atoms with E-state index >= 15 is 0 Å². The van der Waals surface area contributed by atoms with Crippen molar-refractivity contribution in [2.75, 3.05) is 7.11 Å². The Labute approximate surface area is 199 Å². The van der Waals surface area contributed by atoms with Crippen LogP contribution in [0.4, 0.5) is 0 Å². The van der Waals surface area contributed by atoms with Crippen LogP contribution < -0.4 is 4.74 Å². The standard InChI is InChI=1S/C24H24BrN7O/c1-5-31-21(10-14(2)29-31)23-26-24(20-12-17(25)11-19-15(3)27-28-22(19)20)32(30-23)13-16-6-8-18(33-4)9-7-16/h6-12H,5,13H2,1-4H3,(H,27,28). The van der Waals surface area contributed by atoms with Crippen molar-refractivity contribution in [3.8, 4) is 28.7 Å². The summed E-state index contributed by atoms with van der Waals surface area (Å²) in [5.41, 5.74) is 5.72. The Bertz CT molecular complexity index is 1450. The van der Waals surface area contributed by atoms with Crippen molar-refractivity contribution in [2.45, 2.75) is 33.9 Å². The van der Waals surface area contributed by atoms with Gasteiger partial charge in [0.2, 0.25) is 0 Å². The van der Waals surface area contributed by atoms with Crippen molar-refractivity contribution < 1.29 is 4.74 Å². The highest BCUT2D eigenvalue weighted by atomic mass is 79.9. The summed E-state index contributed by atoms with van der Waals surface area (Å²) in [5, 5.41) is 18.2. The lowest BCUT2D eigenvalue weighted by Crippen LogP contribution is -2.05. The van der Waals surface area contributed by atoms with Crippen molar-refractivity contribution >= 4 is 26.8 Å². The van der Waals surface area contributed by atoms with Crippen LogP contribution in [0.15, 0.2) is 46.9 Å². The summed E-state index contributed by atoms with van der Waals surface area (Å²) in [6, 6.07) is 14.1. The van der Waals surface area contributed by atoms with E-state index in [-0.39, 0.29) is 0 Å². The van der Waals surface area contributed by atoms with Gasteiger partial charge in [-0.2, -0.15) is 10.2 Å². The fraction of sp³-hybridized carbons (Fsp3) is 0.250. The Balaban J connectivity index is 1.69. The van der Waals surface area contributed by atoms with Gasteiger partial charge in [0, 0.05) is 27.7 Å². The van der Waals surface area contributed by atoms with Gasteiger partial charge in [0.05, 0.1) is 19.3 Å². The molecule has 33 heavy (non-hydrogen) atoms. The maximum atomic E-state index is 5.30. The van der Waals surface area contributed by atoms with E-state index in [0.717, 1.165) is 61.7 Å². The number of rotatable bonds is 6. The first-order valence-corrected chi connectivity index (χ1v) is 11.5. The summed E-state index contributed by atoms with van der Waals surface area (Å²) in [7, 11) is 1.67. The number of aromatic nitrogens is 7. The molecule has 0 aliphatic heterocycles. The molecule has 0 aliphatic carbocycles. The van der Waals surface area contributed by atoms with Crippen molar-refractivity contribution in [1.29, 1.82) is 0 Å². The van der Waals surface area contributed by atoms with Gasteiger partial charge in [-0.05, 0) is 56.7 Å². The van der Waals surface area contributed by atoms with E-state index < -0.39 is 0 Å². The van der Waals surface area contributed by atoms with Crippen LogP contribution in [0.25, 0.3) is 33.8 Å². The second kappa shape index (κ2) is 8.47. The maximum Gasteiger partial charge on any atom is 0.200 e. The highest BCUT2D eigenvalue weighted by Gasteiger charge is 2.21. The van der Waals surface area contributed by atoms with Crippen LogP contribution in [0, 0.1) is 13.8 Å². The summed E-state index contributed by atoms with van der Waals surface area (Å²) in [4.78, 5) is 4.99. The minimum absolute atomic E-state index is 0.559. The number of methoxy groups -OCH3 is 1. The van der Waals surface area contributed by atoms with E-state index in [1.54, 1.807) is 7.11 Å². The number of nitrogens with zero attached hydrogens (tertiary/aromatic N) is 6. The van der Waals surface area contributed by atoms with Gasteiger partial charge in [-0.3, -0.25) is 9.78 Å². The minimum atomic E-state index is 0.559. The molecule has 5 aromatic rings. The molecule has 0 aliphatic rings. The first-order valence-electron chi connectivity index (χ1n) is 10.7. The molecule has 9 heteroatoms. The van der Waals surface area contributed by atoms with Gasteiger partial charge in [0.25, 0.3) is 0 Å². The van der Waals surface area contributed by atoms with Gasteiger partial charge in [-0.25, -0.2) is 9.67 Å². The van der Waals surface area contributed by atoms with Crippen molar-refractivity contribution in [2.24, 2.45) is 0 Å². The summed E-state index contributed by atoms with van der Waals surface area (Å²) in [5.74, 6) is 2.21. The molecule has 0 radical (unpaired) electrons.